The Morgan fingerprint density at radius 1 is 1.10 bits per heavy atom. The summed E-state index contributed by atoms with van der Waals surface area (Å²) in [5.41, 5.74) is 0.852. The smallest absolute Gasteiger partial charge is 0.275 e. The standard InChI is InChI=1S/C22H29N5O2/c1-15(2)26-11-16-12-27(14-22(16,13-26)21(29)25-9-5-6-10-25)20(28)19-17-7-3-4-8-18(17)23-24-19/h3-4,7-8,15-16H,5-6,9-14H2,1-2H3,(H,23,24)/t16-,22-/m0/s1. The fraction of sp³-hybridized carbons (Fsp3) is 0.591. The van der Waals surface area contributed by atoms with Crippen LogP contribution in [0.4, 0.5) is 0 Å². The summed E-state index contributed by atoms with van der Waals surface area (Å²) in [5.74, 6) is 0.374. The summed E-state index contributed by atoms with van der Waals surface area (Å²) < 4.78 is 0. The quantitative estimate of drug-likeness (QED) is 0.862. The molecule has 0 aliphatic carbocycles. The van der Waals surface area contributed by atoms with Gasteiger partial charge in [0.05, 0.1) is 10.9 Å². The molecule has 0 radical (unpaired) electrons. The number of nitrogens with one attached hydrogen (secondary N) is 1. The lowest BCUT2D eigenvalue weighted by molar-refractivity contribution is -0.141. The number of fused-ring (bicyclic) bond motifs is 2. The summed E-state index contributed by atoms with van der Waals surface area (Å²) in [5, 5.41) is 8.11. The second-order valence-corrected chi connectivity index (χ2v) is 9.18. The SMILES string of the molecule is CC(C)N1C[C@H]2CN(C(=O)c3n[nH]c4ccccc34)C[C@@]2(C(=O)N2CCCC2)C1. The van der Waals surface area contributed by atoms with Gasteiger partial charge in [0.2, 0.25) is 5.91 Å². The Balaban J connectivity index is 1.44. The number of aromatic amines is 1. The Morgan fingerprint density at radius 3 is 2.62 bits per heavy atom. The highest BCUT2D eigenvalue weighted by Crippen LogP contribution is 2.45. The zero-order valence-corrected chi connectivity index (χ0v) is 17.2. The van der Waals surface area contributed by atoms with Crippen LogP contribution in [-0.2, 0) is 4.79 Å². The fourth-order valence-corrected chi connectivity index (χ4v) is 5.47. The van der Waals surface area contributed by atoms with Crippen LogP contribution in [0.1, 0.15) is 37.2 Å². The van der Waals surface area contributed by atoms with Gasteiger partial charge in [0, 0.05) is 56.6 Å². The number of nitrogens with zero attached hydrogens (tertiary/aromatic N) is 4. The summed E-state index contributed by atoms with van der Waals surface area (Å²) >= 11 is 0. The highest BCUT2D eigenvalue weighted by Gasteiger charge is 2.59. The first-order chi connectivity index (χ1) is 14.0. The molecule has 0 saturated carbocycles. The number of hydrogen-bond acceptors (Lipinski definition) is 4. The van der Waals surface area contributed by atoms with Gasteiger partial charge in [0.1, 0.15) is 0 Å². The van der Waals surface area contributed by atoms with Gasteiger partial charge in [0.15, 0.2) is 5.69 Å². The van der Waals surface area contributed by atoms with Crippen LogP contribution in [0.25, 0.3) is 10.9 Å². The Bertz CT molecular complexity index is 948. The third kappa shape index (κ3) is 2.86. The van der Waals surface area contributed by atoms with Crippen LogP contribution in [0, 0.1) is 11.3 Å². The van der Waals surface area contributed by atoms with Crippen molar-refractivity contribution in [1.82, 2.24) is 24.9 Å². The van der Waals surface area contributed by atoms with E-state index in [0.29, 0.717) is 24.8 Å². The zero-order chi connectivity index (χ0) is 20.2. The number of amides is 2. The summed E-state index contributed by atoms with van der Waals surface area (Å²) in [6, 6.07) is 8.11. The Morgan fingerprint density at radius 2 is 1.86 bits per heavy atom. The molecule has 3 aliphatic rings. The Labute approximate surface area is 171 Å². The van der Waals surface area contributed by atoms with Crippen LogP contribution in [-0.4, -0.2) is 82.0 Å². The molecule has 5 rings (SSSR count). The van der Waals surface area contributed by atoms with E-state index in [1.165, 1.54) is 0 Å². The number of rotatable bonds is 3. The van der Waals surface area contributed by atoms with Crippen molar-refractivity contribution < 1.29 is 9.59 Å². The van der Waals surface area contributed by atoms with Gasteiger partial charge < -0.3 is 9.80 Å². The van der Waals surface area contributed by atoms with Gasteiger partial charge in [-0.15, -0.1) is 0 Å². The molecule has 3 saturated heterocycles. The molecular weight excluding hydrogens is 366 g/mol. The van der Waals surface area contributed by atoms with Gasteiger partial charge in [0.25, 0.3) is 5.91 Å². The van der Waals surface area contributed by atoms with Crippen molar-refractivity contribution in [2.24, 2.45) is 11.3 Å². The van der Waals surface area contributed by atoms with Gasteiger partial charge in [-0.25, -0.2) is 0 Å². The summed E-state index contributed by atoms with van der Waals surface area (Å²) in [6.45, 7) is 8.83. The number of carbonyl (C=O) groups excluding carboxylic acids is 2. The van der Waals surface area contributed by atoms with E-state index >= 15 is 0 Å². The van der Waals surface area contributed by atoms with Crippen molar-refractivity contribution in [3.05, 3.63) is 30.0 Å². The van der Waals surface area contributed by atoms with Crippen LogP contribution in [0.15, 0.2) is 24.3 Å². The van der Waals surface area contributed by atoms with Crippen LogP contribution >= 0.6 is 0 Å². The van der Waals surface area contributed by atoms with Crippen molar-refractivity contribution in [3.8, 4) is 0 Å². The van der Waals surface area contributed by atoms with E-state index in [2.05, 4.69) is 28.9 Å². The van der Waals surface area contributed by atoms with Gasteiger partial charge in [-0.3, -0.25) is 19.6 Å². The topological polar surface area (TPSA) is 72.5 Å². The number of likely N-dealkylation sites (tertiary alicyclic amines) is 3. The molecule has 2 atom stereocenters. The van der Waals surface area contributed by atoms with Crippen LogP contribution < -0.4 is 0 Å². The number of carbonyl (C=O) groups is 2. The minimum atomic E-state index is -0.476. The van der Waals surface area contributed by atoms with E-state index in [4.69, 9.17) is 0 Å². The second kappa shape index (κ2) is 6.83. The van der Waals surface area contributed by atoms with Crippen LogP contribution in [0.2, 0.25) is 0 Å². The highest BCUT2D eigenvalue weighted by atomic mass is 16.2. The third-order valence-electron chi connectivity index (χ3n) is 7.15. The van der Waals surface area contributed by atoms with E-state index in [-0.39, 0.29) is 17.7 Å². The summed E-state index contributed by atoms with van der Waals surface area (Å²) in [7, 11) is 0. The average molecular weight is 396 g/mol. The molecule has 0 bridgehead atoms. The molecule has 3 fully saturated rings. The van der Waals surface area contributed by atoms with Crippen molar-refractivity contribution in [2.45, 2.75) is 32.7 Å². The molecule has 7 heteroatoms. The maximum absolute atomic E-state index is 13.6. The molecule has 2 amide bonds. The summed E-state index contributed by atoms with van der Waals surface area (Å²) in [6.07, 6.45) is 2.17. The molecule has 1 aromatic heterocycles. The lowest BCUT2D eigenvalue weighted by Gasteiger charge is -2.33. The lowest BCUT2D eigenvalue weighted by atomic mass is 9.79. The molecule has 3 aliphatic heterocycles. The number of H-pyrrole nitrogens is 1. The summed E-state index contributed by atoms with van der Waals surface area (Å²) in [4.78, 5) is 33.3. The van der Waals surface area contributed by atoms with Crippen LogP contribution in [0.5, 0.6) is 0 Å². The Kier molecular flexibility index (Phi) is 4.38. The molecule has 29 heavy (non-hydrogen) atoms. The van der Waals surface area contributed by atoms with E-state index in [9.17, 15) is 9.59 Å². The van der Waals surface area contributed by atoms with Gasteiger partial charge >= 0.3 is 0 Å². The monoisotopic (exact) mass is 395 g/mol. The van der Waals surface area contributed by atoms with Gasteiger partial charge in [-0.05, 0) is 32.8 Å². The predicted octanol–water partition coefficient (Wildman–Crippen LogP) is 1.97. The fourth-order valence-electron chi connectivity index (χ4n) is 5.47. The number of benzene rings is 1. The maximum atomic E-state index is 13.6. The minimum Gasteiger partial charge on any atom is -0.342 e. The first-order valence-electron chi connectivity index (χ1n) is 10.8. The van der Waals surface area contributed by atoms with Crippen molar-refractivity contribution in [3.63, 3.8) is 0 Å². The lowest BCUT2D eigenvalue weighted by Crippen LogP contribution is -2.49. The first-order valence-corrected chi connectivity index (χ1v) is 10.8. The molecule has 1 N–H and O–H groups in total. The Hall–Kier alpha value is -2.41. The molecule has 4 heterocycles. The number of hydrogen-bond donors (Lipinski definition) is 1. The molecule has 0 unspecified atom stereocenters. The largest absolute Gasteiger partial charge is 0.342 e. The highest BCUT2D eigenvalue weighted by molar-refractivity contribution is 6.05. The van der Waals surface area contributed by atoms with Crippen molar-refractivity contribution in [2.75, 3.05) is 39.3 Å². The van der Waals surface area contributed by atoms with Gasteiger partial charge in [-0.2, -0.15) is 5.10 Å². The van der Waals surface area contributed by atoms with Gasteiger partial charge in [-0.1, -0.05) is 18.2 Å². The predicted molar refractivity (Wildman–Crippen MR) is 110 cm³/mol. The first kappa shape index (κ1) is 18.6. The average Bonchev–Trinajstić information content (AvgIpc) is 3.48. The molecular formula is C22H29N5O2. The molecule has 0 spiro atoms. The molecule has 7 nitrogen and oxygen atoms in total. The zero-order valence-electron chi connectivity index (χ0n) is 17.2. The minimum absolute atomic E-state index is 0.0680. The van der Waals surface area contributed by atoms with E-state index in [1.54, 1.807) is 0 Å². The maximum Gasteiger partial charge on any atom is 0.275 e. The van der Waals surface area contributed by atoms with Crippen LogP contribution in [0.3, 0.4) is 0 Å². The normalized spacial score (nSPS) is 27.3. The van der Waals surface area contributed by atoms with Crippen molar-refractivity contribution in [1.29, 1.82) is 0 Å². The number of para-hydroxylation sites is 1. The third-order valence-corrected chi connectivity index (χ3v) is 7.15. The van der Waals surface area contributed by atoms with E-state index in [0.717, 1.165) is 49.9 Å². The second-order valence-electron chi connectivity index (χ2n) is 9.18. The molecule has 154 valence electrons. The van der Waals surface area contributed by atoms with E-state index < -0.39 is 5.41 Å². The van der Waals surface area contributed by atoms with Crippen molar-refractivity contribution >= 4 is 22.7 Å². The molecule has 2 aromatic rings. The van der Waals surface area contributed by atoms with E-state index in [1.807, 2.05) is 34.1 Å². The molecule has 1 aromatic carbocycles. The number of aromatic nitrogens is 2.